The fourth-order valence-corrected chi connectivity index (χ4v) is 3.00. The Morgan fingerprint density at radius 1 is 1.47 bits per heavy atom. The molecule has 0 heterocycles. The molecule has 15 heavy (non-hydrogen) atoms. The third kappa shape index (κ3) is 2.21. The second kappa shape index (κ2) is 4.58. The van der Waals surface area contributed by atoms with E-state index in [-0.39, 0.29) is 0 Å². The van der Waals surface area contributed by atoms with E-state index in [2.05, 4.69) is 31.7 Å². The molecule has 1 atom stereocenters. The highest BCUT2D eigenvalue weighted by atomic mass is 32.1. The van der Waals surface area contributed by atoms with Crippen LogP contribution in [0.2, 0.25) is 0 Å². The van der Waals surface area contributed by atoms with Crippen LogP contribution in [-0.4, -0.2) is 6.54 Å². The molecule has 0 saturated heterocycles. The van der Waals surface area contributed by atoms with Crippen molar-refractivity contribution in [1.29, 1.82) is 0 Å². The van der Waals surface area contributed by atoms with Gasteiger partial charge in [-0.2, -0.15) is 0 Å². The van der Waals surface area contributed by atoms with E-state index in [9.17, 15) is 0 Å². The predicted molar refractivity (Wildman–Crippen MR) is 67.8 cm³/mol. The highest BCUT2D eigenvalue weighted by Gasteiger charge is 2.23. The van der Waals surface area contributed by atoms with E-state index in [1.807, 2.05) is 0 Å². The Morgan fingerprint density at radius 3 is 3.00 bits per heavy atom. The maximum atomic E-state index is 5.57. The molecule has 0 bridgehead atoms. The maximum Gasteiger partial charge on any atom is 0.00456 e. The van der Waals surface area contributed by atoms with E-state index in [4.69, 9.17) is 5.73 Å². The van der Waals surface area contributed by atoms with Gasteiger partial charge in [-0.1, -0.05) is 0 Å². The van der Waals surface area contributed by atoms with Crippen molar-refractivity contribution in [3.63, 3.8) is 0 Å². The summed E-state index contributed by atoms with van der Waals surface area (Å²) in [7, 11) is 0. The summed E-state index contributed by atoms with van der Waals surface area (Å²) in [5, 5.41) is 0. The number of fused-ring (bicyclic) bond motifs is 1. The third-order valence-electron chi connectivity index (χ3n) is 3.43. The second-order valence-electron chi connectivity index (χ2n) is 4.50. The summed E-state index contributed by atoms with van der Waals surface area (Å²) in [6, 6.07) is 4.42. The standard InChI is InChI=1S/C13H19NS/c1-9-7-11(15)8-13-10(3-2-6-14)4-5-12(9)13/h7-8,10,15H,2-6,14H2,1H3/t10-/m1/s1. The van der Waals surface area contributed by atoms with Gasteiger partial charge >= 0.3 is 0 Å². The van der Waals surface area contributed by atoms with Crippen molar-refractivity contribution in [1.82, 2.24) is 0 Å². The van der Waals surface area contributed by atoms with E-state index in [1.165, 1.54) is 30.4 Å². The van der Waals surface area contributed by atoms with E-state index in [0.717, 1.165) is 23.8 Å². The highest BCUT2D eigenvalue weighted by molar-refractivity contribution is 7.80. The van der Waals surface area contributed by atoms with E-state index in [0.29, 0.717) is 0 Å². The quantitative estimate of drug-likeness (QED) is 0.754. The molecule has 0 fully saturated rings. The van der Waals surface area contributed by atoms with Crippen molar-refractivity contribution in [2.75, 3.05) is 6.54 Å². The van der Waals surface area contributed by atoms with Gasteiger partial charge in [0, 0.05) is 4.90 Å². The Morgan fingerprint density at radius 2 is 2.27 bits per heavy atom. The topological polar surface area (TPSA) is 26.0 Å². The first kappa shape index (κ1) is 11.0. The van der Waals surface area contributed by atoms with Crippen molar-refractivity contribution in [2.45, 2.75) is 43.4 Å². The lowest BCUT2D eigenvalue weighted by Crippen LogP contribution is -2.02. The molecule has 0 amide bonds. The highest BCUT2D eigenvalue weighted by Crippen LogP contribution is 2.38. The lowest BCUT2D eigenvalue weighted by atomic mass is 9.95. The first-order chi connectivity index (χ1) is 7.22. The minimum Gasteiger partial charge on any atom is -0.330 e. The lowest BCUT2D eigenvalue weighted by molar-refractivity contribution is 0.592. The first-order valence-electron chi connectivity index (χ1n) is 5.75. The summed E-state index contributed by atoms with van der Waals surface area (Å²) >= 11 is 4.46. The molecule has 1 aromatic carbocycles. The number of hydrogen-bond acceptors (Lipinski definition) is 2. The summed E-state index contributed by atoms with van der Waals surface area (Å²) < 4.78 is 0. The summed E-state index contributed by atoms with van der Waals surface area (Å²) in [5.74, 6) is 0.731. The molecule has 0 aromatic heterocycles. The largest absolute Gasteiger partial charge is 0.330 e. The molecule has 1 aliphatic carbocycles. The fraction of sp³-hybridized carbons (Fsp3) is 0.538. The molecular weight excluding hydrogens is 202 g/mol. The van der Waals surface area contributed by atoms with Crippen LogP contribution in [0.4, 0.5) is 0 Å². The van der Waals surface area contributed by atoms with Gasteiger partial charge in [0.05, 0.1) is 0 Å². The van der Waals surface area contributed by atoms with Crippen molar-refractivity contribution in [3.8, 4) is 0 Å². The number of aryl methyl sites for hydroxylation is 1. The van der Waals surface area contributed by atoms with Gasteiger partial charge < -0.3 is 5.73 Å². The second-order valence-corrected chi connectivity index (χ2v) is 5.01. The van der Waals surface area contributed by atoms with Crippen molar-refractivity contribution in [2.24, 2.45) is 5.73 Å². The van der Waals surface area contributed by atoms with Gasteiger partial charge in [-0.3, -0.25) is 0 Å². The van der Waals surface area contributed by atoms with Crippen LogP contribution in [0.1, 0.15) is 41.9 Å². The molecule has 0 unspecified atom stereocenters. The Kier molecular flexibility index (Phi) is 3.37. The third-order valence-corrected chi connectivity index (χ3v) is 3.69. The van der Waals surface area contributed by atoms with Gasteiger partial charge in [0.1, 0.15) is 0 Å². The number of thiol groups is 1. The normalized spacial score (nSPS) is 19.3. The predicted octanol–water partition coefficient (Wildman–Crippen LogP) is 3.05. The van der Waals surface area contributed by atoms with Crippen molar-refractivity contribution >= 4 is 12.6 Å². The zero-order valence-corrected chi connectivity index (χ0v) is 10.2. The number of rotatable bonds is 3. The number of nitrogens with two attached hydrogens (primary N) is 1. The van der Waals surface area contributed by atoms with Gasteiger partial charge in [-0.15, -0.1) is 12.6 Å². The summed E-state index contributed by atoms with van der Waals surface area (Å²) in [6.07, 6.45) is 4.91. The molecule has 2 rings (SSSR count). The Balaban J connectivity index is 2.25. The van der Waals surface area contributed by atoms with Crippen LogP contribution < -0.4 is 5.73 Å². The average molecular weight is 221 g/mol. The summed E-state index contributed by atoms with van der Waals surface area (Å²) in [4.78, 5) is 1.10. The van der Waals surface area contributed by atoms with E-state index < -0.39 is 0 Å². The smallest absolute Gasteiger partial charge is 0.00456 e. The maximum absolute atomic E-state index is 5.57. The van der Waals surface area contributed by atoms with Gasteiger partial charge in [-0.05, 0) is 73.9 Å². The van der Waals surface area contributed by atoms with E-state index >= 15 is 0 Å². The molecular formula is C13H19NS. The van der Waals surface area contributed by atoms with Crippen LogP contribution in [0.25, 0.3) is 0 Å². The van der Waals surface area contributed by atoms with Crippen LogP contribution in [0, 0.1) is 6.92 Å². The van der Waals surface area contributed by atoms with Crippen LogP contribution in [0.5, 0.6) is 0 Å². The number of hydrogen-bond donors (Lipinski definition) is 2. The molecule has 1 aliphatic rings. The lowest BCUT2D eigenvalue weighted by Gasteiger charge is -2.12. The van der Waals surface area contributed by atoms with Crippen LogP contribution in [0.15, 0.2) is 17.0 Å². The molecule has 2 heteroatoms. The van der Waals surface area contributed by atoms with Gasteiger partial charge in [0.25, 0.3) is 0 Å². The molecule has 0 aliphatic heterocycles. The summed E-state index contributed by atoms with van der Waals surface area (Å²) in [6.45, 7) is 3.01. The fourth-order valence-electron chi connectivity index (χ4n) is 2.67. The Hall–Kier alpha value is -0.470. The van der Waals surface area contributed by atoms with Crippen molar-refractivity contribution in [3.05, 3.63) is 28.8 Å². The molecule has 1 nitrogen and oxygen atoms in total. The van der Waals surface area contributed by atoms with E-state index in [1.54, 1.807) is 5.56 Å². The first-order valence-corrected chi connectivity index (χ1v) is 6.19. The van der Waals surface area contributed by atoms with Gasteiger partial charge in [0.2, 0.25) is 0 Å². The summed E-state index contributed by atoms with van der Waals surface area (Å²) in [5.41, 5.74) is 10.1. The molecule has 1 aromatic rings. The zero-order valence-electron chi connectivity index (χ0n) is 9.29. The minimum atomic E-state index is 0.731. The Bertz CT molecular complexity index is 360. The minimum absolute atomic E-state index is 0.731. The average Bonchev–Trinajstić information content (AvgIpc) is 2.58. The van der Waals surface area contributed by atoms with Crippen LogP contribution >= 0.6 is 12.6 Å². The zero-order chi connectivity index (χ0) is 10.8. The molecule has 0 saturated carbocycles. The molecule has 0 radical (unpaired) electrons. The monoisotopic (exact) mass is 221 g/mol. The van der Waals surface area contributed by atoms with Crippen LogP contribution in [-0.2, 0) is 6.42 Å². The molecule has 82 valence electrons. The molecule has 0 spiro atoms. The molecule has 2 N–H and O–H groups in total. The van der Waals surface area contributed by atoms with Gasteiger partial charge in [0.15, 0.2) is 0 Å². The van der Waals surface area contributed by atoms with Crippen LogP contribution in [0.3, 0.4) is 0 Å². The number of benzene rings is 1. The van der Waals surface area contributed by atoms with Gasteiger partial charge in [-0.25, -0.2) is 0 Å². The van der Waals surface area contributed by atoms with Crippen molar-refractivity contribution < 1.29 is 0 Å². The Labute approximate surface area is 97.5 Å². The SMILES string of the molecule is Cc1cc(S)cc2c1CC[C@H]2CCCN.